The number of halogens is 1. The van der Waals surface area contributed by atoms with Gasteiger partial charge in [0.1, 0.15) is 5.75 Å². The van der Waals surface area contributed by atoms with Gasteiger partial charge in [-0.3, -0.25) is 0 Å². The molecule has 0 amide bonds. The fraction of sp³-hybridized carbons (Fsp3) is 0.533. The highest BCUT2D eigenvalue weighted by atomic mass is 79.9. The summed E-state index contributed by atoms with van der Waals surface area (Å²) in [6.45, 7) is 7.69. The zero-order chi connectivity index (χ0) is 15.0. The second-order valence-electron chi connectivity index (χ2n) is 4.30. The minimum Gasteiger partial charge on any atom is -0.478 e. The maximum Gasteiger partial charge on any atom is 0.347 e. The molecule has 0 spiro atoms. The monoisotopic (exact) mass is 343 g/mol. The van der Waals surface area contributed by atoms with Crippen LogP contribution < -0.4 is 10.1 Å². The normalized spacial score (nSPS) is 12.0. The van der Waals surface area contributed by atoms with Crippen LogP contribution in [0.2, 0.25) is 0 Å². The van der Waals surface area contributed by atoms with Crippen molar-refractivity contribution in [2.24, 2.45) is 0 Å². The molecule has 0 aliphatic rings. The van der Waals surface area contributed by atoms with Crippen molar-refractivity contribution in [3.8, 4) is 5.75 Å². The first-order chi connectivity index (χ1) is 9.62. The second-order valence-corrected chi connectivity index (χ2v) is 5.21. The Morgan fingerprint density at radius 1 is 1.35 bits per heavy atom. The van der Waals surface area contributed by atoms with Crippen molar-refractivity contribution in [2.75, 3.05) is 13.2 Å². The maximum atomic E-state index is 11.8. The highest BCUT2D eigenvalue weighted by molar-refractivity contribution is 9.10. The standard InChI is InChI=1S/C15H22BrNO3/c1-4-13(15(18)19-6-3)20-14-8-7-12(16)9-11(14)10-17-5-2/h7-9,13,17H,4-6,10H2,1-3H3. The zero-order valence-electron chi connectivity index (χ0n) is 12.2. The summed E-state index contributed by atoms with van der Waals surface area (Å²) in [6.07, 6.45) is 0.0201. The van der Waals surface area contributed by atoms with Gasteiger partial charge < -0.3 is 14.8 Å². The van der Waals surface area contributed by atoms with Gasteiger partial charge in [-0.25, -0.2) is 4.79 Å². The van der Waals surface area contributed by atoms with Crippen molar-refractivity contribution < 1.29 is 14.3 Å². The Labute approximate surface area is 129 Å². The molecule has 0 fully saturated rings. The molecule has 0 saturated carbocycles. The van der Waals surface area contributed by atoms with Gasteiger partial charge in [0.2, 0.25) is 0 Å². The lowest BCUT2D eigenvalue weighted by molar-refractivity contribution is -0.151. The fourth-order valence-electron chi connectivity index (χ4n) is 1.75. The topological polar surface area (TPSA) is 47.6 Å². The molecular formula is C15H22BrNO3. The van der Waals surface area contributed by atoms with Gasteiger partial charge in [0.25, 0.3) is 0 Å². The minimum absolute atomic E-state index is 0.313. The molecule has 4 nitrogen and oxygen atoms in total. The average molecular weight is 344 g/mol. The number of hydrogen-bond acceptors (Lipinski definition) is 4. The third-order valence-electron chi connectivity index (χ3n) is 2.78. The van der Waals surface area contributed by atoms with E-state index in [2.05, 4.69) is 21.2 Å². The second kappa shape index (κ2) is 8.97. The Bertz CT molecular complexity index is 437. The van der Waals surface area contributed by atoms with E-state index < -0.39 is 6.10 Å². The van der Waals surface area contributed by atoms with Crippen LogP contribution >= 0.6 is 15.9 Å². The molecule has 0 aliphatic carbocycles. The summed E-state index contributed by atoms with van der Waals surface area (Å²) in [5, 5.41) is 3.26. The Hall–Kier alpha value is -1.07. The summed E-state index contributed by atoms with van der Waals surface area (Å²) in [6, 6.07) is 5.77. The van der Waals surface area contributed by atoms with E-state index in [1.165, 1.54) is 0 Å². The summed E-state index contributed by atoms with van der Waals surface area (Å²) < 4.78 is 11.8. The molecule has 20 heavy (non-hydrogen) atoms. The molecule has 0 radical (unpaired) electrons. The highest BCUT2D eigenvalue weighted by Crippen LogP contribution is 2.25. The number of carbonyl (C=O) groups excluding carboxylic acids is 1. The van der Waals surface area contributed by atoms with Crippen LogP contribution in [0.5, 0.6) is 5.75 Å². The van der Waals surface area contributed by atoms with E-state index in [0.717, 1.165) is 16.6 Å². The molecule has 112 valence electrons. The largest absolute Gasteiger partial charge is 0.478 e. The predicted molar refractivity (Wildman–Crippen MR) is 82.9 cm³/mol. The van der Waals surface area contributed by atoms with E-state index in [1.807, 2.05) is 32.0 Å². The predicted octanol–water partition coefficient (Wildman–Crippen LogP) is 3.28. The van der Waals surface area contributed by atoms with Crippen LogP contribution in [-0.4, -0.2) is 25.2 Å². The van der Waals surface area contributed by atoms with Crippen LogP contribution in [0.3, 0.4) is 0 Å². The van der Waals surface area contributed by atoms with Crippen molar-refractivity contribution in [2.45, 2.75) is 39.8 Å². The molecule has 1 unspecified atom stereocenters. The molecule has 1 rings (SSSR count). The van der Waals surface area contributed by atoms with Gasteiger partial charge >= 0.3 is 5.97 Å². The van der Waals surface area contributed by atoms with Gasteiger partial charge in [0.15, 0.2) is 6.10 Å². The Kier molecular flexibility index (Phi) is 7.62. The van der Waals surface area contributed by atoms with Crippen LogP contribution in [0.15, 0.2) is 22.7 Å². The average Bonchev–Trinajstić information content (AvgIpc) is 2.44. The number of hydrogen-bond donors (Lipinski definition) is 1. The summed E-state index contributed by atoms with van der Waals surface area (Å²) in [5.74, 6) is 0.404. The van der Waals surface area contributed by atoms with Crippen molar-refractivity contribution >= 4 is 21.9 Å². The molecule has 0 saturated heterocycles. The number of benzene rings is 1. The lowest BCUT2D eigenvalue weighted by Crippen LogP contribution is -2.29. The Morgan fingerprint density at radius 3 is 2.70 bits per heavy atom. The smallest absolute Gasteiger partial charge is 0.347 e. The number of rotatable bonds is 8. The maximum absolute atomic E-state index is 11.8. The summed E-state index contributed by atoms with van der Waals surface area (Å²) in [7, 11) is 0. The molecule has 1 aromatic carbocycles. The van der Waals surface area contributed by atoms with E-state index in [4.69, 9.17) is 9.47 Å². The van der Waals surface area contributed by atoms with Crippen molar-refractivity contribution in [3.63, 3.8) is 0 Å². The van der Waals surface area contributed by atoms with Crippen LogP contribution in [0.4, 0.5) is 0 Å². The summed E-state index contributed by atoms with van der Waals surface area (Å²) in [5.41, 5.74) is 1.02. The van der Waals surface area contributed by atoms with Gasteiger partial charge in [0, 0.05) is 16.6 Å². The Morgan fingerprint density at radius 2 is 2.10 bits per heavy atom. The lowest BCUT2D eigenvalue weighted by atomic mass is 10.2. The van der Waals surface area contributed by atoms with E-state index in [0.29, 0.717) is 25.3 Å². The van der Waals surface area contributed by atoms with Gasteiger partial charge in [-0.1, -0.05) is 29.8 Å². The van der Waals surface area contributed by atoms with E-state index in [1.54, 1.807) is 6.92 Å². The molecule has 1 N–H and O–H groups in total. The summed E-state index contributed by atoms with van der Waals surface area (Å²) in [4.78, 5) is 11.8. The van der Waals surface area contributed by atoms with Gasteiger partial charge in [-0.15, -0.1) is 0 Å². The first-order valence-electron chi connectivity index (χ1n) is 6.94. The highest BCUT2D eigenvalue weighted by Gasteiger charge is 2.20. The van der Waals surface area contributed by atoms with E-state index in [-0.39, 0.29) is 5.97 Å². The molecule has 5 heteroatoms. The number of carbonyl (C=O) groups is 1. The third kappa shape index (κ3) is 5.13. The number of ether oxygens (including phenoxy) is 2. The zero-order valence-corrected chi connectivity index (χ0v) is 13.8. The van der Waals surface area contributed by atoms with Crippen LogP contribution in [0, 0.1) is 0 Å². The van der Waals surface area contributed by atoms with E-state index in [9.17, 15) is 4.79 Å². The molecule has 0 bridgehead atoms. The minimum atomic E-state index is -0.559. The van der Waals surface area contributed by atoms with Crippen LogP contribution in [-0.2, 0) is 16.1 Å². The summed E-state index contributed by atoms with van der Waals surface area (Å²) >= 11 is 3.45. The molecule has 1 atom stereocenters. The van der Waals surface area contributed by atoms with Gasteiger partial charge in [-0.05, 0) is 38.1 Å². The lowest BCUT2D eigenvalue weighted by Gasteiger charge is -2.18. The Balaban J connectivity index is 2.85. The van der Waals surface area contributed by atoms with Crippen molar-refractivity contribution in [3.05, 3.63) is 28.2 Å². The molecule has 0 aromatic heterocycles. The fourth-order valence-corrected chi connectivity index (χ4v) is 2.16. The number of esters is 1. The van der Waals surface area contributed by atoms with Gasteiger partial charge in [0.05, 0.1) is 6.61 Å². The van der Waals surface area contributed by atoms with Crippen LogP contribution in [0.25, 0.3) is 0 Å². The first-order valence-corrected chi connectivity index (χ1v) is 7.74. The van der Waals surface area contributed by atoms with Gasteiger partial charge in [-0.2, -0.15) is 0 Å². The SMILES string of the molecule is CCNCc1cc(Br)ccc1OC(CC)C(=O)OCC. The quantitative estimate of drug-likeness (QED) is 0.736. The first kappa shape index (κ1) is 17.0. The van der Waals surface area contributed by atoms with Crippen molar-refractivity contribution in [1.29, 1.82) is 0 Å². The van der Waals surface area contributed by atoms with Crippen molar-refractivity contribution in [1.82, 2.24) is 5.32 Å². The molecular weight excluding hydrogens is 322 g/mol. The molecule has 0 heterocycles. The molecule has 0 aliphatic heterocycles. The van der Waals surface area contributed by atoms with E-state index >= 15 is 0 Å². The van der Waals surface area contributed by atoms with Crippen LogP contribution in [0.1, 0.15) is 32.8 Å². The third-order valence-corrected chi connectivity index (χ3v) is 3.27. The molecule has 1 aromatic rings. The number of nitrogens with one attached hydrogen (secondary N) is 1.